The summed E-state index contributed by atoms with van der Waals surface area (Å²) >= 11 is 0. The lowest BCUT2D eigenvalue weighted by Gasteiger charge is -2.41. The van der Waals surface area contributed by atoms with E-state index in [9.17, 15) is 28.5 Å². The van der Waals surface area contributed by atoms with Gasteiger partial charge in [-0.15, -0.1) is 0 Å². The number of hydrogen-bond donors (Lipinski definition) is 4. The summed E-state index contributed by atoms with van der Waals surface area (Å²) in [5, 5.41) is 30.4. The number of unbranched alkanes of at least 4 members (excludes halogenated alkanes) is 18. The lowest BCUT2D eigenvalue weighted by Crippen LogP contribution is -2.60. The van der Waals surface area contributed by atoms with Crippen LogP contribution < -0.4 is 0 Å². The second-order valence-electron chi connectivity index (χ2n) is 12.8. The Balaban J connectivity index is 2.46. The van der Waals surface area contributed by atoms with Crippen LogP contribution in [0.3, 0.4) is 0 Å². The molecule has 0 aromatic carbocycles. The average molecular weight is 699 g/mol. The van der Waals surface area contributed by atoms with Crippen molar-refractivity contribution in [2.45, 2.75) is 185 Å². The number of aliphatic hydroxyl groups is 3. The van der Waals surface area contributed by atoms with Gasteiger partial charge in [-0.1, -0.05) is 129 Å². The molecule has 0 aromatic rings. The first-order valence-electron chi connectivity index (χ1n) is 18.3. The largest absolute Gasteiger partial charge is 0.457 e. The van der Waals surface area contributed by atoms with Gasteiger partial charge in [-0.3, -0.25) is 9.35 Å². The fourth-order valence-corrected chi connectivity index (χ4v) is 6.18. The molecule has 6 unspecified atom stereocenters. The van der Waals surface area contributed by atoms with Crippen LogP contribution in [0.25, 0.3) is 0 Å². The molecule has 13 heteroatoms. The summed E-state index contributed by atoms with van der Waals surface area (Å²) in [6, 6.07) is 0. The molecular weight excluding hydrogens is 632 g/mol. The molecule has 4 N–H and O–H groups in total. The number of rotatable bonds is 31. The van der Waals surface area contributed by atoms with Gasteiger partial charge in [0, 0.05) is 13.0 Å². The highest BCUT2D eigenvalue weighted by molar-refractivity contribution is 7.80. The molecule has 1 rings (SSSR count). The molecule has 1 heterocycles. The highest BCUT2D eigenvalue weighted by Crippen LogP contribution is 2.26. The molecule has 0 bridgehead atoms. The molecule has 1 aliphatic rings. The summed E-state index contributed by atoms with van der Waals surface area (Å²) < 4.78 is 58.5. The summed E-state index contributed by atoms with van der Waals surface area (Å²) in [6.07, 6.45) is 14.7. The number of carbonyl (C=O) groups is 1. The molecule has 0 amide bonds. The molecule has 1 aliphatic heterocycles. The third kappa shape index (κ3) is 22.4. The van der Waals surface area contributed by atoms with E-state index < -0.39 is 59.8 Å². The van der Waals surface area contributed by atoms with Gasteiger partial charge in [0.15, 0.2) is 6.29 Å². The van der Waals surface area contributed by atoms with Crippen molar-refractivity contribution in [2.75, 3.05) is 26.4 Å². The van der Waals surface area contributed by atoms with E-state index in [0.717, 1.165) is 44.9 Å². The van der Waals surface area contributed by atoms with E-state index in [1.807, 2.05) is 0 Å². The maximum atomic E-state index is 12.6. The van der Waals surface area contributed by atoms with E-state index >= 15 is 0 Å². The lowest BCUT2D eigenvalue weighted by atomic mass is 9.99. The predicted octanol–water partition coefficient (Wildman–Crippen LogP) is 5.79. The van der Waals surface area contributed by atoms with Crippen molar-refractivity contribution in [1.82, 2.24) is 0 Å². The van der Waals surface area contributed by atoms with Crippen molar-refractivity contribution in [1.29, 1.82) is 0 Å². The Kier molecular flexibility index (Phi) is 26.2. The van der Waals surface area contributed by atoms with Crippen LogP contribution in [0.5, 0.6) is 0 Å². The van der Waals surface area contributed by atoms with Crippen LogP contribution >= 0.6 is 0 Å². The average Bonchev–Trinajstić information content (AvgIpc) is 3.03. The van der Waals surface area contributed by atoms with Crippen molar-refractivity contribution in [2.24, 2.45) is 0 Å². The van der Waals surface area contributed by atoms with Crippen molar-refractivity contribution in [3.8, 4) is 0 Å². The van der Waals surface area contributed by atoms with Gasteiger partial charge in [0.1, 0.15) is 30.5 Å². The Hall–Kier alpha value is -0.900. The smallest absolute Gasteiger partial charge is 0.397 e. The van der Waals surface area contributed by atoms with E-state index in [4.69, 9.17) is 23.5 Å². The monoisotopic (exact) mass is 698 g/mol. The second kappa shape index (κ2) is 27.9. The molecule has 0 aromatic heterocycles. The Labute approximate surface area is 284 Å². The summed E-state index contributed by atoms with van der Waals surface area (Å²) in [4.78, 5) is 12.6. The normalized spacial score (nSPS) is 22.4. The topological polar surface area (TPSA) is 178 Å². The van der Waals surface area contributed by atoms with Crippen LogP contribution in [0, 0.1) is 0 Å². The fraction of sp³-hybridized carbons (Fsp3) is 0.971. The van der Waals surface area contributed by atoms with Gasteiger partial charge in [0.2, 0.25) is 0 Å². The van der Waals surface area contributed by atoms with Gasteiger partial charge in [0.25, 0.3) is 0 Å². The highest BCUT2D eigenvalue weighted by atomic mass is 32.3. The van der Waals surface area contributed by atoms with Crippen LogP contribution in [-0.4, -0.2) is 97.5 Å². The zero-order valence-electron chi connectivity index (χ0n) is 29.1. The summed E-state index contributed by atoms with van der Waals surface area (Å²) in [5.74, 6) is -0.407. The molecule has 6 atom stereocenters. The maximum absolute atomic E-state index is 12.6. The van der Waals surface area contributed by atoms with Gasteiger partial charge >= 0.3 is 16.4 Å². The minimum atomic E-state index is -5.04. The first-order valence-corrected chi connectivity index (χ1v) is 19.7. The first kappa shape index (κ1) is 44.1. The van der Waals surface area contributed by atoms with Gasteiger partial charge in [0.05, 0.1) is 19.8 Å². The van der Waals surface area contributed by atoms with Crippen LogP contribution in [0.1, 0.15) is 149 Å². The van der Waals surface area contributed by atoms with Gasteiger partial charge in [-0.2, -0.15) is 8.42 Å². The lowest BCUT2D eigenvalue weighted by molar-refractivity contribution is -0.301. The Morgan fingerprint density at radius 3 is 1.70 bits per heavy atom. The zero-order valence-corrected chi connectivity index (χ0v) is 29.9. The molecule has 0 spiro atoms. The van der Waals surface area contributed by atoms with Crippen LogP contribution in [0.15, 0.2) is 0 Å². The van der Waals surface area contributed by atoms with E-state index in [-0.39, 0.29) is 19.6 Å². The molecule has 1 fully saturated rings. The number of hydrogen-bond acceptors (Lipinski definition) is 11. The summed E-state index contributed by atoms with van der Waals surface area (Å²) in [7, 11) is -5.04. The molecule has 280 valence electrons. The number of ether oxygens (including phenoxy) is 4. The molecular formula is C34H66O12S. The predicted molar refractivity (Wildman–Crippen MR) is 179 cm³/mol. The van der Waals surface area contributed by atoms with Crippen molar-refractivity contribution < 1.29 is 56.2 Å². The minimum Gasteiger partial charge on any atom is -0.457 e. The molecule has 1 saturated heterocycles. The first-order chi connectivity index (χ1) is 22.6. The minimum absolute atomic E-state index is 0.0422. The quantitative estimate of drug-likeness (QED) is 0.0390. The van der Waals surface area contributed by atoms with Gasteiger partial charge < -0.3 is 34.3 Å². The van der Waals surface area contributed by atoms with Crippen LogP contribution in [0.2, 0.25) is 0 Å². The number of aliphatic hydroxyl groups excluding tert-OH is 3. The highest BCUT2D eigenvalue weighted by Gasteiger charge is 2.48. The maximum Gasteiger partial charge on any atom is 0.397 e. The van der Waals surface area contributed by atoms with E-state index in [2.05, 4.69) is 18.0 Å². The summed E-state index contributed by atoms with van der Waals surface area (Å²) in [6.45, 7) is 3.91. The number of carbonyl (C=O) groups excluding carboxylic acids is 1. The Morgan fingerprint density at radius 2 is 1.21 bits per heavy atom. The molecule has 0 radical (unpaired) electrons. The SMILES string of the molecule is CCCCCCCCCCCCCCCCOCC(COC1OC(CO)C(O)C(OS(=O)(=O)O)C1O)OC(=O)CCCCCCCC. The molecule has 0 aliphatic carbocycles. The Morgan fingerprint density at radius 1 is 0.723 bits per heavy atom. The van der Waals surface area contributed by atoms with Crippen LogP contribution in [0.4, 0.5) is 0 Å². The van der Waals surface area contributed by atoms with E-state index in [1.54, 1.807) is 0 Å². The Bertz CT molecular complexity index is 858. The van der Waals surface area contributed by atoms with E-state index in [1.165, 1.54) is 77.0 Å². The van der Waals surface area contributed by atoms with Gasteiger partial charge in [-0.05, 0) is 12.8 Å². The molecule has 12 nitrogen and oxygen atoms in total. The van der Waals surface area contributed by atoms with E-state index in [0.29, 0.717) is 13.0 Å². The third-order valence-electron chi connectivity index (χ3n) is 8.48. The third-order valence-corrected chi connectivity index (χ3v) is 8.94. The molecule has 0 saturated carbocycles. The molecule has 47 heavy (non-hydrogen) atoms. The zero-order chi connectivity index (χ0) is 34.8. The summed E-state index contributed by atoms with van der Waals surface area (Å²) in [5.41, 5.74) is 0. The van der Waals surface area contributed by atoms with Gasteiger partial charge in [-0.25, -0.2) is 4.18 Å². The standard InChI is InChI=1S/C34H66O12S/c1-3-5-7-9-11-12-13-14-15-16-17-18-20-22-24-42-26-28(44-30(36)23-21-19-10-8-6-4-2)27-43-34-32(38)33(46-47(39,40)41)31(37)29(25-35)45-34/h28-29,31-35,37-38H,3-27H2,1-2H3,(H,39,40,41). The van der Waals surface area contributed by atoms with Crippen molar-refractivity contribution in [3.63, 3.8) is 0 Å². The van der Waals surface area contributed by atoms with Crippen molar-refractivity contribution >= 4 is 16.4 Å². The van der Waals surface area contributed by atoms with Crippen molar-refractivity contribution in [3.05, 3.63) is 0 Å². The fourth-order valence-electron chi connectivity index (χ4n) is 5.67. The second-order valence-corrected chi connectivity index (χ2v) is 13.9. The number of esters is 1. The van der Waals surface area contributed by atoms with Crippen LogP contribution in [-0.2, 0) is 38.3 Å².